The van der Waals surface area contributed by atoms with Gasteiger partial charge in [0.1, 0.15) is 5.01 Å². The number of rotatable bonds is 9. The second-order valence-corrected chi connectivity index (χ2v) is 7.94. The molecule has 0 bridgehead atoms. The zero-order chi connectivity index (χ0) is 21.3. The number of fused-ring (bicyclic) bond motifs is 1. The molecular weight excluding hydrogens is 398 g/mol. The third-order valence-electron chi connectivity index (χ3n) is 4.65. The van der Waals surface area contributed by atoms with Crippen LogP contribution in [0.3, 0.4) is 0 Å². The topological polar surface area (TPSA) is 71.9 Å². The van der Waals surface area contributed by atoms with Crippen molar-refractivity contribution >= 4 is 44.8 Å². The number of hydrogen-bond donors (Lipinski definition) is 0. The molecule has 7 heteroatoms. The second kappa shape index (κ2) is 10.6. The summed E-state index contributed by atoms with van der Waals surface area (Å²) in [5.41, 5.74) is 1.56. The molecule has 3 aromatic rings. The monoisotopic (exact) mass is 423 g/mol. The number of carbonyl (C=O) groups excluding carboxylic acids is 2. The summed E-state index contributed by atoms with van der Waals surface area (Å²) in [6.07, 6.45) is 3.61. The van der Waals surface area contributed by atoms with Crippen LogP contribution in [0.25, 0.3) is 10.2 Å². The van der Waals surface area contributed by atoms with Crippen LogP contribution in [0.15, 0.2) is 59.8 Å². The average Bonchev–Trinajstić information content (AvgIpc) is 3.20. The highest BCUT2D eigenvalue weighted by Gasteiger charge is 2.21. The van der Waals surface area contributed by atoms with Crippen molar-refractivity contribution in [3.05, 3.63) is 59.6 Å². The Morgan fingerprint density at radius 1 is 1.03 bits per heavy atom. The molecule has 0 aliphatic rings. The molecule has 0 aliphatic carbocycles. The number of benzene rings is 2. The maximum absolute atomic E-state index is 12.9. The van der Waals surface area contributed by atoms with Gasteiger partial charge in [-0.15, -0.1) is 11.3 Å². The van der Waals surface area contributed by atoms with Gasteiger partial charge in [-0.2, -0.15) is 0 Å². The second-order valence-electron chi connectivity index (χ2n) is 6.91. The lowest BCUT2D eigenvalue weighted by atomic mass is 10.1. The fourth-order valence-corrected chi connectivity index (χ4v) is 3.88. The molecule has 0 unspecified atom stereocenters. The number of para-hydroxylation sites is 2. The molecule has 0 N–H and O–H groups in total. The van der Waals surface area contributed by atoms with E-state index < -0.39 is 6.09 Å². The summed E-state index contributed by atoms with van der Waals surface area (Å²) < 4.78 is 0.951. The maximum Gasteiger partial charge on any atom is 0.440 e. The van der Waals surface area contributed by atoms with Crippen molar-refractivity contribution < 1.29 is 14.4 Å². The standard InChI is InChI=1S/C23H25N3O3S/c1-3-4-5-9-15-19(27)21(22-24-18-14-10-11-16-20(18)30-22)25-29-23(28)26(2)17-12-7-6-8-13-17/h6-8,10-14,16H,3-5,9,15H2,1-2H3/b25-21+. The van der Waals surface area contributed by atoms with Gasteiger partial charge in [0, 0.05) is 19.2 Å². The highest BCUT2D eigenvalue weighted by Crippen LogP contribution is 2.23. The van der Waals surface area contributed by atoms with Gasteiger partial charge < -0.3 is 0 Å². The maximum atomic E-state index is 12.9. The fraction of sp³-hybridized carbons (Fsp3) is 0.304. The zero-order valence-electron chi connectivity index (χ0n) is 17.2. The minimum absolute atomic E-state index is 0.0995. The van der Waals surface area contributed by atoms with Crippen molar-refractivity contribution in [2.75, 3.05) is 11.9 Å². The molecule has 30 heavy (non-hydrogen) atoms. The molecule has 0 saturated carbocycles. The summed E-state index contributed by atoms with van der Waals surface area (Å²) in [6.45, 7) is 2.12. The molecule has 2 aromatic carbocycles. The average molecular weight is 424 g/mol. The first kappa shape index (κ1) is 21.6. The van der Waals surface area contributed by atoms with Crippen molar-refractivity contribution in [1.29, 1.82) is 0 Å². The predicted octanol–water partition coefficient (Wildman–Crippen LogP) is 5.81. The Kier molecular flexibility index (Phi) is 7.68. The first-order chi connectivity index (χ1) is 14.6. The van der Waals surface area contributed by atoms with Crippen molar-refractivity contribution in [3.63, 3.8) is 0 Å². The summed E-state index contributed by atoms with van der Waals surface area (Å²) in [5, 5.41) is 4.42. The van der Waals surface area contributed by atoms with E-state index in [1.54, 1.807) is 19.2 Å². The van der Waals surface area contributed by atoms with Gasteiger partial charge in [-0.1, -0.05) is 61.7 Å². The van der Waals surface area contributed by atoms with E-state index in [4.69, 9.17) is 4.84 Å². The Labute approximate surface area is 180 Å². The molecule has 156 valence electrons. The molecule has 0 spiro atoms. The number of amides is 1. The van der Waals surface area contributed by atoms with Crippen LogP contribution in [0.5, 0.6) is 0 Å². The van der Waals surface area contributed by atoms with Gasteiger partial charge in [0.05, 0.1) is 10.2 Å². The van der Waals surface area contributed by atoms with Crippen LogP contribution in [0.1, 0.15) is 44.0 Å². The Morgan fingerprint density at radius 2 is 1.77 bits per heavy atom. The van der Waals surface area contributed by atoms with Crippen LogP contribution in [0.2, 0.25) is 0 Å². The molecule has 0 atom stereocenters. The summed E-state index contributed by atoms with van der Waals surface area (Å²) in [4.78, 5) is 36.3. The number of aromatic nitrogens is 1. The molecule has 3 rings (SSSR count). The first-order valence-electron chi connectivity index (χ1n) is 10.1. The number of ketones is 1. The number of Topliss-reactive ketones (excluding diaryl/α,β-unsaturated/α-hetero) is 1. The van der Waals surface area contributed by atoms with Crippen LogP contribution in [-0.2, 0) is 9.63 Å². The number of carbonyl (C=O) groups is 2. The van der Waals surface area contributed by atoms with E-state index in [0.717, 1.165) is 35.9 Å². The van der Waals surface area contributed by atoms with E-state index in [-0.39, 0.29) is 11.5 Å². The van der Waals surface area contributed by atoms with E-state index in [2.05, 4.69) is 17.1 Å². The Bertz CT molecular complexity index is 997. The molecular formula is C23H25N3O3S. The molecule has 1 heterocycles. The number of unbranched alkanes of at least 4 members (excludes halogenated alkanes) is 3. The van der Waals surface area contributed by atoms with Gasteiger partial charge in [0.25, 0.3) is 0 Å². The predicted molar refractivity (Wildman–Crippen MR) is 121 cm³/mol. The highest BCUT2D eigenvalue weighted by atomic mass is 32.1. The zero-order valence-corrected chi connectivity index (χ0v) is 18.0. The number of thiazole rings is 1. The molecule has 0 fully saturated rings. The summed E-state index contributed by atoms with van der Waals surface area (Å²) in [6, 6.07) is 16.7. The van der Waals surface area contributed by atoms with E-state index in [1.807, 2.05) is 42.5 Å². The minimum Gasteiger partial charge on any atom is -0.297 e. The van der Waals surface area contributed by atoms with Crippen molar-refractivity contribution in [2.45, 2.75) is 39.0 Å². The molecule has 0 radical (unpaired) electrons. The first-order valence-corrected chi connectivity index (χ1v) is 10.9. The molecule has 0 saturated heterocycles. The van der Waals surface area contributed by atoms with Crippen LogP contribution >= 0.6 is 11.3 Å². The van der Waals surface area contributed by atoms with Gasteiger partial charge in [-0.3, -0.25) is 14.5 Å². The van der Waals surface area contributed by atoms with E-state index >= 15 is 0 Å². The van der Waals surface area contributed by atoms with Crippen LogP contribution < -0.4 is 4.90 Å². The van der Waals surface area contributed by atoms with Gasteiger partial charge in [0.15, 0.2) is 11.5 Å². The summed E-state index contributed by atoms with van der Waals surface area (Å²) in [5.74, 6) is -0.166. The van der Waals surface area contributed by atoms with Crippen LogP contribution in [-0.4, -0.2) is 29.6 Å². The summed E-state index contributed by atoms with van der Waals surface area (Å²) >= 11 is 1.37. The van der Waals surface area contributed by atoms with Crippen molar-refractivity contribution in [2.24, 2.45) is 5.16 Å². The summed E-state index contributed by atoms with van der Waals surface area (Å²) in [7, 11) is 1.59. The molecule has 1 amide bonds. The number of oxime groups is 1. The minimum atomic E-state index is -0.668. The van der Waals surface area contributed by atoms with E-state index in [9.17, 15) is 9.59 Å². The molecule has 1 aromatic heterocycles. The third-order valence-corrected chi connectivity index (χ3v) is 5.69. The van der Waals surface area contributed by atoms with Gasteiger partial charge in [-0.25, -0.2) is 9.78 Å². The van der Waals surface area contributed by atoms with Crippen molar-refractivity contribution in [1.82, 2.24) is 4.98 Å². The lowest BCUT2D eigenvalue weighted by Crippen LogP contribution is -2.26. The number of hydrogen-bond acceptors (Lipinski definition) is 6. The number of anilines is 1. The quantitative estimate of drug-likeness (QED) is 0.188. The molecule has 6 nitrogen and oxygen atoms in total. The largest absolute Gasteiger partial charge is 0.440 e. The SMILES string of the molecule is CCCCCCC(=O)/C(=N\OC(=O)N(C)c1ccccc1)c1nc2ccccc2s1. The Hall–Kier alpha value is -3.06. The Morgan fingerprint density at radius 3 is 2.50 bits per heavy atom. The van der Waals surface area contributed by atoms with Gasteiger partial charge >= 0.3 is 6.09 Å². The van der Waals surface area contributed by atoms with Gasteiger partial charge in [0.2, 0.25) is 0 Å². The lowest BCUT2D eigenvalue weighted by molar-refractivity contribution is -0.113. The van der Waals surface area contributed by atoms with E-state index in [1.165, 1.54) is 16.2 Å². The molecule has 0 aliphatic heterocycles. The van der Waals surface area contributed by atoms with Crippen LogP contribution in [0.4, 0.5) is 10.5 Å². The number of nitrogens with zero attached hydrogens (tertiary/aromatic N) is 3. The highest BCUT2D eigenvalue weighted by molar-refractivity contribution is 7.21. The normalized spacial score (nSPS) is 11.5. The van der Waals surface area contributed by atoms with Gasteiger partial charge in [-0.05, 0) is 30.7 Å². The third kappa shape index (κ3) is 5.51. The lowest BCUT2D eigenvalue weighted by Gasteiger charge is -2.14. The van der Waals surface area contributed by atoms with Crippen LogP contribution in [0, 0.1) is 0 Å². The smallest absolute Gasteiger partial charge is 0.297 e. The Balaban J connectivity index is 1.80. The van der Waals surface area contributed by atoms with E-state index in [0.29, 0.717) is 17.1 Å². The fourth-order valence-electron chi connectivity index (χ4n) is 2.92. The van der Waals surface area contributed by atoms with Crippen molar-refractivity contribution in [3.8, 4) is 0 Å².